The Morgan fingerprint density at radius 2 is 1.39 bits per heavy atom. The molecule has 31 heavy (non-hydrogen) atoms. The molecule has 0 aliphatic heterocycles. The van der Waals surface area contributed by atoms with Crippen molar-refractivity contribution < 1.29 is 28.6 Å². The summed E-state index contributed by atoms with van der Waals surface area (Å²) in [6.07, 6.45) is 0. The molecule has 4 aromatic rings. The highest BCUT2D eigenvalue weighted by Gasteiger charge is 2.33. The SMILES string of the molecule is COC(=O)c1c(C(=O)OC)c2ccc3cc(OC)ccc3n2c1C(=O)c1ccccc1. The van der Waals surface area contributed by atoms with Crippen LogP contribution < -0.4 is 4.74 Å². The summed E-state index contributed by atoms with van der Waals surface area (Å²) in [7, 11) is 3.98. The average molecular weight is 417 g/mol. The van der Waals surface area contributed by atoms with Crippen molar-refractivity contribution in [3.8, 4) is 5.75 Å². The third-order valence-electron chi connectivity index (χ3n) is 5.13. The molecule has 2 heterocycles. The van der Waals surface area contributed by atoms with Crippen molar-refractivity contribution in [2.45, 2.75) is 0 Å². The Kier molecular flexibility index (Phi) is 5.17. The van der Waals surface area contributed by atoms with Gasteiger partial charge < -0.3 is 18.6 Å². The van der Waals surface area contributed by atoms with Gasteiger partial charge in [-0.1, -0.05) is 36.4 Å². The molecular formula is C24H19NO6. The van der Waals surface area contributed by atoms with Crippen LogP contribution in [0.1, 0.15) is 36.8 Å². The number of benzene rings is 2. The van der Waals surface area contributed by atoms with Gasteiger partial charge in [-0.3, -0.25) is 4.79 Å². The minimum Gasteiger partial charge on any atom is -0.497 e. The van der Waals surface area contributed by atoms with E-state index in [-0.39, 0.29) is 16.8 Å². The lowest BCUT2D eigenvalue weighted by atomic mass is 10.0. The molecule has 4 rings (SSSR count). The normalized spacial score (nSPS) is 10.8. The van der Waals surface area contributed by atoms with Gasteiger partial charge in [0.25, 0.3) is 0 Å². The number of fused-ring (bicyclic) bond motifs is 3. The van der Waals surface area contributed by atoms with Gasteiger partial charge in [0, 0.05) is 10.9 Å². The Morgan fingerprint density at radius 3 is 2.03 bits per heavy atom. The van der Waals surface area contributed by atoms with Crippen molar-refractivity contribution in [2.24, 2.45) is 0 Å². The van der Waals surface area contributed by atoms with Crippen LogP contribution in [-0.2, 0) is 9.47 Å². The highest BCUT2D eigenvalue weighted by molar-refractivity contribution is 6.20. The topological polar surface area (TPSA) is 83.3 Å². The zero-order valence-electron chi connectivity index (χ0n) is 17.2. The fourth-order valence-electron chi connectivity index (χ4n) is 3.71. The summed E-state index contributed by atoms with van der Waals surface area (Å²) in [6.45, 7) is 0. The van der Waals surface area contributed by atoms with Crippen LogP contribution in [0.3, 0.4) is 0 Å². The molecule has 0 radical (unpaired) electrons. The third-order valence-corrected chi connectivity index (χ3v) is 5.13. The number of hydrogen-bond donors (Lipinski definition) is 0. The van der Waals surface area contributed by atoms with E-state index < -0.39 is 17.7 Å². The molecule has 0 aliphatic carbocycles. The van der Waals surface area contributed by atoms with E-state index in [0.717, 1.165) is 5.39 Å². The molecular weight excluding hydrogens is 398 g/mol. The number of hydrogen-bond acceptors (Lipinski definition) is 6. The van der Waals surface area contributed by atoms with Crippen LogP contribution in [0.4, 0.5) is 0 Å². The smallest absolute Gasteiger partial charge is 0.341 e. The molecule has 0 saturated carbocycles. The second-order valence-corrected chi connectivity index (χ2v) is 6.76. The molecule has 0 atom stereocenters. The van der Waals surface area contributed by atoms with Crippen LogP contribution in [0.5, 0.6) is 5.75 Å². The van der Waals surface area contributed by atoms with Gasteiger partial charge in [-0.25, -0.2) is 9.59 Å². The summed E-state index contributed by atoms with van der Waals surface area (Å²) in [5.41, 5.74) is 1.23. The van der Waals surface area contributed by atoms with E-state index in [1.54, 1.807) is 72.2 Å². The van der Waals surface area contributed by atoms with Crippen LogP contribution in [-0.4, -0.2) is 43.5 Å². The van der Waals surface area contributed by atoms with Crippen molar-refractivity contribution in [1.82, 2.24) is 4.40 Å². The fraction of sp³-hybridized carbons (Fsp3) is 0.125. The van der Waals surface area contributed by atoms with E-state index in [2.05, 4.69) is 0 Å². The predicted molar refractivity (Wildman–Crippen MR) is 114 cm³/mol. The molecule has 0 aliphatic rings. The highest BCUT2D eigenvalue weighted by Crippen LogP contribution is 2.32. The van der Waals surface area contributed by atoms with Crippen molar-refractivity contribution in [3.63, 3.8) is 0 Å². The van der Waals surface area contributed by atoms with Gasteiger partial charge in [-0.15, -0.1) is 0 Å². The number of ketones is 1. The largest absolute Gasteiger partial charge is 0.497 e. The second kappa shape index (κ2) is 7.95. The maximum Gasteiger partial charge on any atom is 0.341 e. The maximum atomic E-state index is 13.6. The summed E-state index contributed by atoms with van der Waals surface area (Å²) in [6, 6.07) is 17.3. The molecule has 0 amide bonds. The lowest BCUT2D eigenvalue weighted by Gasteiger charge is -2.09. The Labute approximate surface area is 177 Å². The lowest BCUT2D eigenvalue weighted by molar-refractivity contribution is 0.0556. The lowest BCUT2D eigenvalue weighted by Crippen LogP contribution is -2.15. The molecule has 0 unspecified atom stereocenters. The van der Waals surface area contributed by atoms with E-state index in [4.69, 9.17) is 14.2 Å². The van der Waals surface area contributed by atoms with Gasteiger partial charge in [0.05, 0.1) is 32.4 Å². The number of carbonyl (C=O) groups is 3. The monoisotopic (exact) mass is 417 g/mol. The Morgan fingerprint density at radius 1 is 0.742 bits per heavy atom. The van der Waals surface area contributed by atoms with Gasteiger partial charge in [0.2, 0.25) is 5.78 Å². The van der Waals surface area contributed by atoms with Crippen LogP contribution in [0.2, 0.25) is 0 Å². The summed E-state index contributed by atoms with van der Waals surface area (Å²) >= 11 is 0. The van der Waals surface area contributed by atoms with Crippen molar-refractivity contribution >= 4 is 34.1 Å². The number of ether oxygens (including phenoxy) is 3. The van der Waals surface area contributed by atoms with E-state index in [1.807, 2.05) is 0 Å². The number of aromatic nitrogens is 1. The summed E-state index contributed by atoms with van der Waals surface area (Å²) in [5.74, 6) is -1.33. The zero-order chi connectivity index (χ0) is 22.1. The maximum absolute atomic E-state index is 13.6. The molecule has 2 aromatic carbocycles. The first-order valence-corrected chi connectivity index (χ1v) is 9.43. The number of rotatable bonds is 5. The van der Waals surface area contributed by atoms with Gasteiger partial charge >= 0.3 is 11.9 Å². The molecule has 2 aromatic heterocycles. The Hall–Kier alpha value is -4.13. The Bertz CT molecular complexity index is 1340. The minimum absolute atomic E-state index is 0.0219. The number of methoxy groups -OCH3 is 3. The van der Waals surface area contributed by atoms with Crippen LogP contribution >= 0.6 is 0 Å². The number of pyridine rings is 1. The van der Waals surface area contributed by atoms with Gasteiger partial charge in [0.15, 0.2) is 0 Å². The fourth-order valence-corrected chi connectivity index (χ4v) is 3.71. The standard InChI is InChI=1S/C24H19NO6/c1-29-16-10-12-17-15(13-16)9-11-18-19(23(27)30-2)20(24(28)31-3)21(25(17)18)22(26)14-7-5-4-6-8-14/h4-13H,1-3H3. The first-order chi connectivity index (χ1) is 15.0. The van der Waals surface area contributed by atoms with E-state index in [0.29, 0.717) is 22.3 Å². The molecule has 7 nitrogen and oxygen atoms in total. The average Bonchev–Trinajstić information content (AvgIpc) is 3.18. The van der Waals surface area contributed by atoms with E-state index in [1.165, 1.54) is 14.2 Å². The second-order valence-electron chi connectivity index (χ2n) is 6.76. The molecule has 0 fully saturated rings. The molecule has 0 saturated heterocycles. The third kappa shape index (κ3) is 3.20. The summed E-state index contributed by atoms with van der Waals surface area (Å²) < 4.78 is 16.8. The first-order valence-electron chi connectivity index (χ1n) is 9.43. The molecule has 0 bridgehead atoms. The van der Waals surface area contributed by atoms with Gasteiger partial charge in [-0.2, -0.15) is 0 Å². The van der Waals surface area contributed by atoms with Crippen LogP contribution in [0, 0.1) is 0 Å². The number of nitrogens with zero attached hydrogens (tertiary/aromatic N) is 1. The van der Waals surface area contributed by atoms with E-state index >= 15 is 0 Å². The van der Waals surface area contributed by atoms with Crippen molar-refractivity contribution in [3.05, 3.63) is 83.0 Å². The molecule has 7 heteroatoms. The first kappa shape index (κ1) is 20.2. The minimum atomic E-state index is -0.801. The van der Waals surface area contributed by atoms with Crippen molar-refractivity contribution in [2.75, 3.05) is 21.3 Å². The quantitative estimate of drug-likeness (QED) is 0.362. The van der Waals surface area contributed by atoms with Crippen LogP contribution in [0.25, 0.3) is 16.4 Å². The Balaban J connectivity index is 2.20. The molecule has 156 valence electrons. The molecule has 0 N–H and O–H groups in total. The van der Waals surface area contributed by atoms with E-state index in [9.17, 15) is 14.4 Å². The van der Waals surface area contributed by atoms with Gasteiger partial charge in [0.1, 0.15) is 22.6 Å². The van der Waals surface area contributed by atoms with Crippen molar-refractivity contribution in [1.29, 1.82) is 0 Å². The van der Waals surface area contributed by atoms with Gasteiger partial charge in [-0.05, 0) is 24.3 Å². The predicted octanol–water partition coefficient (Wildman–Crippen LogP) is 3.91. The number of carbonyl (C=O) groups excluding carboxylic acids is 3. The highest BCUT2D eigenvalue weighted by atomic mass is 16.5. The zero-order valence-corrected chi connectivity index (χ0v) is 17.2. The van der Waals surface area contributed by atoms with Crippen LogP contribution in [0.15, 0.2) is 60.7 Å². The summed E-state index contributed by atoms with van der Waals surface area (Å²) in [5, 5.41) is 0.761. The molecule has 0 spiro atoms. The number of esters is 2. The summed E-state index contributed by atoms with van der Waals surface area (Å²) in [4.78, 5) is 39.1.